The van der Waals surface area contributed by atoms with Crippen molar-refractivity contribution in [2.45, 2.75) is 24.2 Å². The minimum atomic E-state index is -0.934. The first-order valence-corrected chi connectivity index (χ1v) is 7.84. The molecule has 0 heterocycles. The molecule has 2 aromatic carbocycles. The van der Waals surface area contributed by atoms with Gasteiger partial charge >= 0.3 is 0 Å². The molecule has 1 atom stereocenters. The predicted octanol–water partition coefficient (Wildman–Crippen LogP) is 4.05. The summed E-state index contributed by atoms with van der Waals surface area (Å²) in [7, 11) is 1.65. The Labute approximate surface area is 139 Å². The number of halogens is 2. The van der Waals surface area contributed by atoms with Crippen LogP contribution in [0.25, 0.3) is 10.8 Å². The van der Waals surface area contributed by atoms with Crippen LogP contribution in [0.2, 0.25) is 0 Å². The Morgan fingerprint density at radius 3 is 2.50 bits per heavy atom. The van der Waals surface area contributed by atoms with Gasteiger partial charge in [-0.2, -0.15) is 0 Å². The van der Waals surface area contributed by atoms with E-state index in [0.29, 0.717) is 13.0 Å². The van der Waals surface area contributed by atoms with E-state index < -0.39 is 9.75 Å². The number of fused-ring (bicyclic) bond motifs is 1. The highest BCUT2D eigenvalue weighted by molar-refractivity contribution is 6.53. The second-order valence-corrected chi connectivity index (χ2v) is 7.43. The van der Waals surface area contributed by atoms with Crippen LogP contribution in [0.3, 0.4) is 0 Å². The maximum absolute atomic E-state index is 12.2. The SMILES string of the molecule is COc1ccc2cc(CNC(=O)C3(C)CC3(Cl)Cl)ccc2c1. The van der Waals surface area contributed by atoms with Crippen LogP contribution in [-0.4, -0.2) is 17.4 Å². The first-order valence-electron chi connectivity index (χ1n) is 7.08. The number of benzene rings is 2. The second-order valence-electron chi connectivity index (χ2n) is 5.94. The fraction of sp³-hybridized carbons (Fsp3) is 0.353. The molecule has 5 heteroatoms. The summed E-state index contributed by atoms with van der Waals surface area (Å²) in [5.41, 5.74) is 0.352. The molecule has 116 valence electrons. The van der Waals surface area contributed by atoms with Crippen molar-refractivity contribution in [3.05, 3.63) is 42.0 Å². The summed E-state index contributed by atoms with van der Waals surface area (Å²) < 4.78 is 4.28. The fourth-order valence-electron chi connectivity index (χ4n) is 2.53. The number of hydrogen-bond donors (Lipinski definition) is 1. The number of hydrogen-bond acceptors (Lipinski definition) is 2. The molecule has 1 N–H and O–H groups in total. The quantitative estimate of drug-likeness (QED) is 0.854. The molecule has 0 saturated heterocycles. The molecule has 1 aliphatic rings. The molecule has 0 aliphatic heterocycles. The van der Waals surface area contributed by atoms with Crippen molar-refractivity contribution >= 4 is 39.9 Å². The van der Waals surface area contributed by atoms with Crippen molar-refractivity contribution < 1.29 is 9.53 Å². The van der Waals surface area contributed by atoms with Gasteiger partial charge in [-0.05, 0) is 47.9 Å². The molecule has 1 amide bonds. The molecule has 0 radical (unpaired) electrons. The van der Waals surface area contributed by atoms with E-state index in [0.717, 1.165) is 22.1 Å². The van der Waals surface area contributed by atoms with Crippen molar-refractivity contribution in [2.24, 2.45) is 5.41 Å². The lowest BCUT2D eigenvalue weighted by molar-refractivity contribution is -0.125. The minimum absolute atomic E-state index is 0.104. The zero-order valence-corrected chi connectivity index (χ0v) is 14.0. The van der Waals surface area contributed by atoms with E-state index in [4.69, 9.17) is 27.9 Å². The van der Waals surface area contributed by atoms with Gasteiger partial charge in [-0.15, -0.1) is 23.2 Å². The molecule has 1 fully saturated rings. The third-order valence-corrected chi connectivity index (χ3v) is 5.43. The molecule has 1 saturated carbocycles. The van der Waals surface area contributed by atoms with Crippen LogP contribution in [0.4, 0.5) is 0 Å². The second kappa shape index (κ2) is 5.32. The summed E-state index contributed by atoms with van der Waals surface area (Å²) in [6.45, 7) is 2.25. The Bertz CT molecular complexity index is 745. The van der Waals surface area contributed by atoms with Crippen LogP contribution in [0.15, 0.2) is 36.4 Å². The van der Waals surface area contributed by atoms with Gasteiger partial charge in [0.25, 0.3) is 0 Å². The zero-order chi connectivity index (χ0) is 16.0. The lowest BCUT2D eigenvalue weighted by atomic mass is 10.1. The highest BCUT2D eigenvalue weighted by Crippen LogP contribution is 2.63. The van der Waals surface area contributed by atoms with Crippen molar-refractivity contribution in [2.75, 3.05) is 7.11 Å². The molecule has 22 heavy (non-hydrogen) atoms. The van der Waals surface area contributed by atoms with Crippen LogP contribution in [0.1, 0.15) is 18.9 Å². The Hall–Kier alpha value is -1.45. The summed E-state index contributed by atoms with van der Waals surface area (Å²) in [6.07, 6.45) is 0.493. The maximum Gasteiger partial charge on any atom is 0.229 e. The van der Waals surface area contributed by atoms with Crippen LogP contribution in [0.5, 0.6) is 5.75 Å². The van der Waals surface area contributed by atoms with Crippen molar-refractivity contribution in [3.8, 4) is 5.75 Å². The van der Waals surface area contributed by atoms with E-state index in [1.165, 1.54) is 0 Å². The molecule has 1 unspecified atom stereocenters. The number of nitrogens with one attached hydrogen (secondary N) is 1. The summed E-state index contributed by atoms with van der Waals surface area (Å²) >= 11 is 12.0. The normalized spacial score (nSPS) is 22.4. The summed E-state index contributed by atoms with van der Waals surface area (Å²) in [4.78, 5) is 12.2. The van der Waals surface area contributed by atoms with E-state index in [-0.39, 0.29) is 5.91 Å². The van der Waals surface area contributed by atoms with E-state index in [2.05, 4.69) is 11.4 Å². The standard InChI is InChI=1S/C17H17Cl2NO2/c1-16(10-17(16,18)19)15(21)20-9-11-3-4-13-8-14(22-2)6-5-12(13)7-11/h3-8H,9-10H2,1-2H3,(H,20,21). The smallest absolute Gasteiger partial charge is 0.229 e. The summed E-state index contributed by atoms with van der Waals surface area (Å²) in [5, 5.41) is 5.12. The van der Waals surface area contributed by atoms with Gasteiger partial charge in [0, 0.05) is 6.54 Å². The van der Waals surface area contributed by atoms with Gasteiger partial charge in [-0.3, -0.25) is 4.79 Å². The lowest BCUT2D eigenvalue weighted by Gasteiger charge is -2.13. The van der Waals surface area contributed by atoms with Gasteiger partial charge in [0.2, 0.25) is 5.91 Å². The van der Waals surface area contributed by atoms with Crippen molar-refractivity contribution in [3.63, 3.8) is 0 Å². The molecule has 0 spiro atoms. The van der Waals surface area contributed by atoms with E-state index >= 15 is 0 Å². The minimum Gasteiger partial charge on any atom is -0.497 e. The molecular weight excluding hydrogens is 321 g/mol. The van der Waals surface area contributed by atoms with Gasteiger partial charge in [0.1, 0.15) is 10.1 Å². The van der Waals surface area contributed by atoms with Crippen LogP contribution >= 0.6 is 23.2 Å². The molecule has 1 aliphatic carbocycles. The van der Waals surface area contributed by atoms with Gasteiger partial charge in [0.05, 0.1) is 12.5 Å². The Morgan fingerprint density at radius 2 is 1.86 bits per heavy atom. The topological polar surface area (TPSA) is 38.3 Å². The first-order chi connectivity index (χ1) is 10.4. The predicted molar refractivity (Wildman–Crippen MR) is 89.5 cm³/mol. The number of methoxy groups -OCH3 is 1. The molecule has 2 aromatic rings. The highest BCUT2D eigenvalue weighted by atomic mass is 35.5. The van der Waals surface area contributed by atoms with Crippen LogP contribution in [0, 0.1) is 5.41 Å². The van der Waals surface area contributed by atoms with Gasteiger partial charge in [0.15, 0.2) is 0 Å². The lowest BCUT2D eigenvalue weighted by Crippen LogP contribution is -2.32. The van der Waals surface area contributed by atoms with E-state index in [1.54, 1.807) is 14.0 Å². The Morgan fingerprint density at radius 1 is 1.23 bits per heavy atom. The molecule has 0 bridgehead atoms. The number of carbonyl (C=O) groups excluding carboxylic acids is 1. The highest BCUT2D eigenvalue weighted by Gasteiger charge is 2.67. The molecule has 3 rings (SSSR count). The average molecular weight is 338 g/mol. The molecule has 3 nitrogen and oxygen atoms in total. The Balaban J connectivity index is 1.71. The molecular formula is C17H17Cl2NO2. The number of carbonyl (C=O) groups is 1. The van der Waals surface area contributed by atoms with Gasteiger partial charge in [-0.1, -0.05) is 18.2 Å². The van der Waals surface area contributed by atoms with Crippen LogP contribution < -0.4 is 10.1 Å². The zero-order valence-electron chi connectivity index (χ0n) is 12.5. The van der Waals surface area contributed by atoms with Crippen molar-refractivity contribution in [1.29, 1.82) is 0 Å². The molecule has 0 aromatic heterocycles. The maximum atomic E-state index is 12.2. The summed E-state index contributed by atoms with van der Waals surface area (Å²) in [5.74, 6) is 0.725. The number of amides is 1. The van der Waals surface area contributed by atoms with E-state index in [1.807, 2.05) is 30.3 Å². The van der Waals surface area contributed by atoms with Gasteiger partial charge < -0.3 is 10.1 Å². The Kier molecular flexibility index (Phi) is 3.74. The third-order valence-electron chi connectivity index (χ3n) is 4.32. The summed E-state index contributed by atoms with van der Waals surface area (Å²) in [6, 6.07) is 12.0. The van der Waals surface area contributed by atoms with E-state index in [9.17, 15) is 4.79 Å². The van der Waals surface area contributed by atoms with Crippen molar-refractivity contribution in [1.82, 2.24) is 5.32 Å². The average Bonchev–Trinajstić information content (AvgIpc) is 3.03. The fourth-order valence-corrected chi connectivity index (χ4v) is 3.24. The number of ether oxygens (including phenoxy) is 1. The number of alkyl halides is 2. The van der Waals surface area contributed by atoms with Crippen LogP contribution in [-0.2, 0) is 11.3 Å². The third kappa shape index (κ3) is 2.64. The first kappa shape index (κ1) is 15.4. The largest absolute Gasteiger partial charge is 0.497 e. The van der Waals surface area contributed by atoms with Gasteiger partial charge in [-0.25, -0.2) is 0 Å². The monoisotopic (exact) mass is 337 g/mol. The number of rotatable bonds is 4.